The first-order valence-electron chi connectivity index (χ1n) is 3.04. The van der Waals surface area contributed by atoms with Gasteiger partial charge < -0.3 is 24.9 Å². The summed E-state index contributed by atoms with van der Waals surface area (Å²) in [7, 11) is 0. The van der Waals surface area contributed by atoms with Crippen molar-refractivity contribution in [3.63, 3.8) is 0 Å². The number of rotatable bonds is 2. The van der Waals surface area contributed by atoms with E-state index in [9.17, 15) is 9.90 Å². The van der Waals surface area contributed by atoms with E-state index >= 15 is 0 Å². The summed E-state index contributed by atoms with van der Waals surface area (Å²) in [5.41, 5.74) is 0. The van der Waals surface area contributed by atoms with E-state index < -0.39 is 30.5 Å². The van der Waals surface area contributed by atoms with Crippen LogP contribution < -0.4 is 24.0 Å². The molecule has 0 saturated heterocycles. The minimum atomic E-state index is -1.49. The number of carbonyl (C=O) groups excluding carboxylic acids is 1. The van der Waals surface area contributed by atoms with Crippen LogP contribution in [0.15, 0.2) is 11.8 Å². The standard InChI is InChI=1S/C6H8O5.Li/c7-2-5-3(8)1-4(11-5)6(9)10;/h1,3,5,7-8H,2H2,(H,9,10);/q;+1/p-1. The van der Waals surface area contributed by atoms with E-state index in [1.165, 1.54) is 0 Å². The number of carboxylic acids is 1. The molecule has 0 aromatic carbocycles. The summed E-state index contributed by atoms with van der Waals surface area (Å²) < 4.78 is 4.58. The van der Waals surface area contributed by atoms with Crippen LogP contribution in [-0.2, 0) is 9.53 Å². The van der Waals surface area contributed by atoms with Crippen molar-refractivity contribution in [2.75, 3.05) is 6.61 Å². The summed E-state index contributed by atoms with van der Waals surface area (Å²) in [4.78, 5) is 10.1. The molecule has 1 aliphatic rings. The normalized spacial score (nSPS) is 27.0. The first-order chi connectivity index (χ1) is 5.15. The number of aliphatic hydroxyl groups excluding tert-OH is 2. The molecule has 0 radical (unpaired) electrons. The number of aliphatic hydroxyl groups is 2. The molecule has 6 heteroatoms. The summed E-state index contributed by atoms with van der Waals surface area (Å²) in [6.07, 6.45) is -0.938. The first kappa shape index (κ1) is 11.5. The molecule has 2 N–H and O–H groups in total. The largest absolute Gasteiger partial charge is 1.00 e. The molecule has 0 amide bonds. The zero-order valence-electron chi connectivity index (χ0n) is 6.56. The Morgan fingerprint density at radius 3 is 2.58 bits per heavy atom. The molecule has 62 valence electrons. The van der Waals surface area contributed by atoms with Gasteiger partial charge in [0, 0.05) is 0 Å². The topological polar surface area (TPSA) is 89.8 Å². The van der Waals surface area contributed by atoms with Gasteiger partial charge in [-0.3, -0.25) is 0 Å². The quantitative estimate of drug-likeness (QED) is 0.399. The monoisotopic (exact) mass is 166 g/mol. The molecule has 0 aromatic heterocycles. The van der Waals surface area contributed by atoms with Gasteiger partial charge in [0.25, 0.3) is 0 Å². The molecule has 0 spiro atoms. The minimum Gasteiger partial charge on any atom is -0.542 e. The van der Waals surface area contributed by atoms with Crippen LogP contribution >= 0.6 is 0 Å². The second kappa shape index (κ2) is 4.53. The maximum atomic E-state index is 10.1. The number of aliphatic carboxylic acids is 1. The third-order valence-electron chi connectivity index (χ3n) is 1.36. The number of ether oxygens (including phenoxy) is 1. The van der Waals surface area contributed by atoms with Crippen molar-refractivity contribution in [1.82, 2.24) is 0 Å². The van der Waals surface area contributed by atoms with Crippen LogP contribution in [0.4, 0.5) is 0 Å². The SMILES string of the molecule is O=C([O-])C1=CC(O)C(CO)O1.[Li+]. The maximum absolute atomic E-state index is 10.1. The number of hydrogen-bond acceptors (Lipinski definition) is 5. The molecule has 2 unspecified atom stereocenters. The molecule has 1 heterocycles. The molecule has 0 aromatic rings. The third kappa shape index (κ3) is 2.26. The Labute approximate surface area is 80.8 Å². The van der Waals surface area contributed by atoms with Gasteiger partial charge >= 0.3 is 18.9 Å². The van der Waals surface area contributed by atoms with E-state index in [-0.39, 0.29) is 18.9 Å². The van der Waals surface area contributed by atoms with Gasteiger partial charge in [0.2, 0.25) is 0 Å². The molecule has 1 aliphatic heterocycles. The Bertz CT molecular complexity index is 202. The smallest absolute Gasteiger partial charge is 0.542 e. The number of hydrogen-bond donors (Lipinski definition) is 2. The summed E-state index contributed by atoms with van der Waals surface area (Å²) in [6, 6.07) is 0. The Balaban J connectivity index is 0.00000121. The second-order valence-electron chi connectivity index (χ2n) is 2.15. The summed E-state index contributed by atoms with van der Waals surface area (Å²) in [5.74, 6) is -1.91. The van der Waals surface area contributed by atoms with Gasteiger partial charge in [-0.2, -0.15) is 0 Å². The molecule has 0 bridgehead atoms. The maximum Gasteiger partial charge on any atom is 1.00 e. The molecule has 0 fully saturated rings. The van der Waals surface area contributed by atoms with Gasteiger partial charge in [-0.15, -0.1) is 0 Å². The van der Waals surface area contributed by atoms with Crippen molar-refractivity contribution in [1.29, 1.82) is 0 Å². The van der Waals surface area contributed by atoms with Gasteiger partial charge in [-0.25, -0.2) is 0 Å². The van der Waals surface area contributed by atoms with E-state index in [1.807, 2.05) is 0 Å². The van der Waals surface area contributed by atoms with Crippen LogP contribution in [0.5, 0.6) is 0 Å². The predicted molar refractivity (Wildman–Crippen MR) is 31.1 cm³/mol. The van der Waals surface area contributed by atoms with E-state index in [4.69, 9.17) is 10.2 Å². The molecule has 1 rings (SSSR count). The zero-order chi connectivity index (χ0) is 8.43. The van der Waals surface area contributed by atoms with Crippen LogP contribution in [-0.4, -0.2) is 35.0 Å². The van der Waals surface area contributed by atoms with E-state index in [2.05, 4.69) is 4.74 Å². The van der Waals surface area contributed by atoms with Crippen LogP contribution in [0.2, 0.25) is 0 Å². The van der Waals surface area contributed by atoms with Crippen molar-refractivity contribution in [2.45, 2.75) is 12.2 Å². The van der Waals surface area contributed by atoms with Crippen molar-refractivity contribution in [3.05, 3.63) is 11.8 Å². The molecular weight excluding hydrogens is 159 g/mol. The average molecular weight is 166 g/mol. The van der Waals surface area contributed by atoms with Crippen molar-refractivity contribution >= 4 is 5.97 Å². The molecule has 0 saturated carbocycles. The average Bonchev–Trinajstić information content (AvgIpc) is 2.31. The molecule has 12 heavy (non-hydrogen) atoms. The fraction of sp³-hybridized carbons (Fsp3) is 0.500. The summed E-state index contributed by atoms with van der Waals surface area (Å²) in [5, 5.41) is 27.6. The Kier molecular flexibility index (Phi) is 4.35. The van der Waals surface area contributed by atoms with Gasteiger partial charge in [0.1, 0.15) is 17.8 Å². The fourth-order valence-electron chi connectivity index (χ4n) is 0.796. The van der Waals surface area contributed by atoms with Gasteiger partial charge in [0.05, 0.1) is 6.61 Å². The Hall–Kier alpha value is -0.473. The van der Waals surface area contributed by atoms with Crippen LogP contribution in [0.1, 0.15) is 0 Å². The van der Waals surface area contributed by atoms with Gasteiger partial charge in [0.15, 0.2) is 6.10 Å². The van der Waals surface area contributed by atoms with Gasteiger partial charge in [-0.05, 0) is 6.08 Å². The fourth-order valence-corrected chi connectivity index (χ4v) is 0.796. The summed E-state index contributed by atoms with van der Waals surface area (Å²) >= 11 is 0. The van der Waals surface area contributed by atoms with Crippen molar-refractivity contribution in [2.24, 2.45) is 0 Å². The third-order valence-corrected chi connectivity index (χ3v) is 1.36. The molecule has 0 aliphatic carbocycles. The molecular formula is C6H7LiO5. The molecule has 2 atom stereocenters. The van der Waals surface area contributed by atoms with Crippen LogP contribution in [0.3, 0.4) is 0 Å². The zero-order valence-corrected chi connectivity index (χ0v) is 6.56. The van der Waals surface area contributed by atoms with E-state index in [0.717, 1.165) is 6.08 Å². The van der Waals surface area contributed by atoms with Crippen molar-refractivity contribution in [3.8, 4) is 0 Å². The summed E-state index contributed by atoms with van der Waals surface area (Å²) in [6.45, 7) is -0.422. The molecule has 5 nitrogen and oxygen atoms in total. The van der Waals surface area contributed by atoms with E-state index in [0.29, 0.717) is 0 Å². The first-order valence-corrected chi connectivity index (χ1v) is 3.04. The van der Waals surface area contributed by atoms with Crippen molar-refractivity contribution < 1.29 is 43.7 Å². The van der Waals surface area contributed by atoms with E-state index in [1.54, 1.807) is 0 Å². The van der Waals surface area contributed by atoms with Crippen LogP contribution in [0, 0.1) is 0 Å². The van der Waals surface area contributed by atoms with Gasteiger partial charge in [-0.1, -0.05) is 0 Å². The Morgan fingerprint density at radius 2 is 2.33 bits per heavy atom. The van der Waals surface area contributed by atoms with Crippen LogP contribution in [0.25, 0.3) is 0 Å². The predicted octanol–water partition coefficient (Wildman–Crippen LogP) is -5.62. The minimum absolute atomic E-state index is 0. The Morgan fingerprint density at radius 1 is 1.75 bits per heavy atom. The number of carboxylic acid groups (broad SMARTS) is 1. The second-order valence-corrected chi connectivity index (χ2v) is 2.15. The number of carbonyl (C=O) groups is 1.